The van der Waals surface area contributed by atoms with Gasteiger partial charge in [-0.05, 0) is 20.8 Å². The molecular formula is C32H55NO23. The maximum Gasteiger partial charge on any atom is 0.217 e. The van der Waals surface area contributed by atoms with E-state index in [1.54, 1.807) is 0 Å². The minimum Gasteiger partial charge on any atom is -0.394 e. The summed E-state index contributed by atoms with van der Waals surface area (Å²) < 4.78 is 51.0. The smallest absolute Gasteiger partial charge is 0.217 e. The number of aliphatic hydroxyl groups excluding tert-OH is 13. The number of hydrogen-bond donors (Lipinski definition) is 14. The Labute approximate surface area is 319 Å². The Morgan fingerprint density at radius 2 is 0.893 bits per heavy atom. The zero-order chi connectivity index (χ0) is 41.5. The number of ether oxygens (including phenoxy) is 9. The minimum absolute atomic E-state index is 0.658. The molecule has 0 aliphatic carbocycles. The third-order valence-electron chi connectivity index (χ3n) is 10.6. The van der Waals surface area contributed by atoms with Gasteiger partial charge in [0, 0.05) is 6.92 Å². The molecule has 0 saturated carbocycles. The van der Waals surface area contributed by atoms with Crippen molar-refractivity contribution in [2.75, 3.05) is 13.2 Å². The molecule has 0 radical (unpaired) electrons. The number of aliphatic hydroxyl groups is 13. The van der Waals surface area contributed by atoms with Gasteiger partial charge in [0.25, 0.3) is 0 Å². The first-order valence-electron chi connectivity index (χ1n) is 18.2. The molecule has 326 valence electrons. The highest BCUT2D eigenvalue weighted by atomic mass is 16.8. The number of carbonyl (C=O) groups is 1. The molecule has 0 spiro atoms. The van der Waals surface area contributed by atoms with E-state index in [1.165, 1.54) is 20.8 Å². The molecule has 1 amide bonds. The maximum absolute atomic E-state index is 11.9. The molecule has 56 heavy (non-hydrogen) atoms. The van der Waals surface area contributed by atoms with Crippen LogP contribution in [0, 0.1) is 0 Å². The Balaban J connectivity index is 1.35. The Morgan fingerprint density at radius 1 is 0.464 bits per heavy atom. The summed E-state index contributed by atoms with van der Waals surface area (Å²) in [6, 6.07) is -1.43. The highest BCUT2D eigenvalue weighted by molar-refractivity contribution is 5.73. The van der Waals surface area contributed by atoms with Crippen molar-refractivity contribution >= 4 is 5.91 Å². The predicted octanol–water partition coefficient (Wildman–Crippen LogP) is -8.70. The quantitative estimate of drug-likeness (QED) is 0.0920. The van der Waals surface area contributed by atoms with Crippen LogP contribution in [-0.4, -0.2) is 239 Å². The SMILES string of the molecule is CC(=O)NC1[C@H](O)OC(CO)[C@@H](O)[C@@H]1O[C@@H]1OC(C)[C@H](O)[C@H](O[C@@H]2OC(C)[C@H](O)[C@H](O)C2O[C@@H]2OC(C)[C@H](O)[C@H](O[C@H]3O[C@@H](CO)[C@@H](O)C(O)C3O)C2O)C1O. The van der Waals surface area contributed by atoms with E-state index >= 15 is 0 Å². The molecule has 24 nitrogen and oxygen atoms in total. The van der Waals surface area contributed by atoms with Crippen LogP contribution in [0.4, 0.5) is 0 Å². The van der Waals surface area contributed by atoms with Crippen molar-refractivity contribution in [3.63, 3.8) is 0 Å². The maximum atomic E-state index is 11.9. The summed E-state index contributed by atoms with van der Waals surface area (Å²) in [5.74, 6) is -0.658. The van der Waals surface area contributed by atoms with E-state index in [2.05, 4.69) is 5.32 Å². The summed E-state index contributed by atoms with van der Waals surface area (Å²) in [6.07, 6.45) is -40.0. The van der Waals surface area contributed by atoms with E-state index in [4.69, 9.17) is 42.6 Å². The first kappa shape index (κ1) is 45.7. The Hall–Kier alpha value is -1.41. The van der Waals surface area contributed by atoms with E-state index < -0.39 is 173 Å². The first-order chi connectivity index (χ1) is 26.3. The van der Waals surface area contributed by atoms with E-state index in [0.717, 1.165) is 6.92 Å². The molecule has 0 aromatic carbocycles. The third-order valence-corrected chi connectivity index (χ3v) is 10.6. The van der Waals surface area contributed by atoms with Gasteiger partial charge in [0.05, 0.1) is 31.5 Å². The molecule has 0 aromatic heterocycles. The van der Waals surface area contributed by atoms with Crippen LogP contribution >= 0.6 is 0 Å². The average molecular weight is 822 g/mol. The summed E-state index contributed by atoms with van der Waals surface area (Å²) in [7, 11) is 0. The van der Waals surface area contributed by atoms with E-state index in [-0.39, 0.29) is 0 Å². The van der Waals surface area contributed by atoms with Crippen LogP contribution in [0.15, 0.2) is 0 Å². The van der Waals surface area contributed by atoms with Crippen molar-refractivity contribution in [2.24, 2.45) is 0 Å². The molecule has 25 atom stereocenters. The second-order valence-corrected chi connectivity index (χ2v) is 14.6. The van der Waals surface area contributed by atoms with Crippen molar-refractivity contribution in [3.05, 3.63) is 0 Å². The second kappa shape index (κ2) is 18.9. The van der Waals surface area contributed by atoms with Gasteiger partial charge in [-0.25, -0.2) is 0 Å². The standard InChI is InChI=1S/C32H55NO23/c1-7-14(37)20(43)27(56-31-22(45)25(15(38)8(2)49-31)54-29-21(44)19(42)17(40)11(5-34)52-29)32(50-7)55-26-16(39)9(3)48-30(23(26)46)53-24-13(33-10(4)36)28(47)51-12(6-35)18(24)41/h7-9,11-32,34-35,37-47H,5-6H2,1-4H3,(H,33,36)/t7?,8?,9?,11-,12?,13?,14-,15-,16-,17+,18+,19?,20-,21?,22?,23?,24+,25-,26-,27?,28+,29+,30-,31-,32-/m0/s1. The molecule has 5 saturated heterocycles. The number of hydrogen-bond acceptors (Lipinski definition) is 23. The fraction of sp³-hybridized carbons (Fsp3) is 0.969. The topological polar surface area (TPSA) is 375 Å². The van der Waals surface area contributed by atoms with Gasteiger partial charge in [-0.3, -0.25) is 4.79 Å². The lowest BCUT2D eigenvalue weighted by Gasteiger charge is -2.49. The van der Waals surface area contributed by atoms with Crippen molar-refractivity contribution in [3.8, 4) is 0 Å². The Morgan fingerprint density at radius 3 is 1.41 bits per heavy atom. The lowest BCUT2D eigenvalue weighted by molar-refractivity contribution is -0.396. The number of carbonyl (C=O) groups excluding carboxylic acids is 1. The van der Waals surface area contributed by atoms with Crippen LogP contribution in [-0.2, 0) is 47.4 Å². The zero-order valence-corrected chi connectivity index (χ0v) is 30.7. The monoisotopic (exact) mass is 821 g/mol. The minimum atomic E-state index is -1.98. The summed E-state index contributed by atoms with van der Waals surface area (Å²) in [4.78, 5) is 11.9. The van der Waals surface area contributed by atoms with E-state index in [1.807, 2.05) is 0 Å². The molecule has 24 heteroatoms. The van der Waals surface area contributed by atoms with Gasteiger partial charge in [-0.1, -0.05) is 0 Å². The summed E-state index contributed by atoms with van der Waals surface area (Å²) in [5.41, 5.74) is 0. The lowest BCUT2D eigenvalue weighted by atomic mass is 9.95. The molecule has 5 heterocycles. The van der Waals surface area contributed by atoms with Crippen LogP contribution in [0.25, 0.3) is 0 Å². The Kier molecular flexibility index (Phi) is 15.4. The van der Waals surface area contributed by atoms with Gasteiger partial charge >= 0.3 is 0 Å². The van der Waals surface area contributed by atoms with Crippen LogP contribution in [0.5, 0.6) is 0 Å². The molecule has 5 aliphatic heterocycles. The molecule has 0 bridgehead atoms. The van der Waals surface area contributed by atoms with Gasteiger partial charge in [0.15, 0.2) is 31.5 Å². The van der Waals surface area contributed by atoms with Crippen LogP contribution < -0.4 is 5.32 Å². The highest BCUT2D eigenvalue weighted by Gasteiger charge is 2.56. The highest BCUT2D eigenvalue weighted by Crippen LogP contribution is 2.36. The normalized spacial score (nSPS) is 53.1. The van der Waals surface area contributed by atoms with Gasteiger partial charge in [-0.15, -0.1) is 0 Å². The fourth-order valence-corrected chi connectivity index (χ4v) is 7.23. The fourth-order valence-electron chi connectivity index (χ4n) is 7.23. The van der Waals surface area contributed by atoms with Crippen molar-refractivity contribution < 1.29 is 114 Å². The number of rotatable bonds is 11. The van der Waals surface area contributed by atoms with Crippen LogP contribution in [0.3, 0.4) is 0 Å². The molecule has 5 fully saturated rings. The van der Waals surface area contributed by atoms with Crippen molar-refractivity contribution in [2.45, 2.75) is 181 Å². The third kappa shape index (κ3) is 9.31. The summed E-state index contributed by atoms with van der Waals surface area (Å²) in [5, 5.41) is 141. The molecule has 5 aliphatic rings. The molecule has 10 unspecified atom stereocenters. The number of amides is 1. The van der Waals surface area contributed by atoms with E-state index in [9.17, 15) is 71.2 Å². The summed E-state index contributed by atoms with van der Waals surface area (Å²) >= 11 is 0. The van der Waals surface area contributed by atoms with E-state index in [0.29, 0.717) is 0 Å². The number of nitrogens with one attached hydrogen (secondary N) is 1. The van der Waals surface area contributed by atoms with Gasteiger partial charge in [0.2, 0.25) is 5.91 Å². The average Bonchev–Trinajstić information content (AvgIpc) is 3.15. The molecule has 5 rings (SSSR count). The predicted molar refractivity (Wildman–Crippen MR) is 174 cm³/mol. The first-order valence-corrected chi connectivity index (χ1v) is 18.2. The van der Waals surface area contributed by atoms with Crippen LogP contribution in [0.1, 0.15) is 27.7 Å². The second-order valence-electron chi connectivity index (χ2n) is 14.6. The summed E-state index contributed by atoms with van der Waals surface area (Å²) in [6.45, 7) is 3.62. The molecule has 0 aromatic rings. The van der Waals surface area contributed by atoms with Gasteiger partial charge in [0.1, 0.15) is 104 Å². The largest absolute Gasteiger partial charge is 0.394 e. The van der Waals surface area contributed by atoms with Gasteiger partial charge < -0.3 is 114 Å². The van der Waals surface area contributed by atoms with Crippen molar-refractivity contribution in [1.29, 1.82) is 0 Å². The lowest BCUT2D eigenvalue weighted by Crippen LogP contribution is -2.68. The molecular weight excluding hydrogens is 766 g/mol. The Bertz CT molecular complexity index is 1270. The molecule has 14 N–H and O–H groups in total. The zero-order valence-electron chi connectivity index (χ0n) is 30.7. The van der Waals surface area contributed by atoms with Crippen LogP contribution in [0.2, 0.25) is 0 Å². The van der Waals surface area contributed by atoms with Crippen molar-refractivity contribution in [1.82, 2.24) is 5.32 Å². The van der Waals surface area contributed by atoms with Gasteiger partial charge in [-0.2, -0.15) is 0 Å².